The predicted octanol–water partition coefficient (Wildman–Crippen LogP) is 2.69. The molecule has 1 unspecified atom stereocenters. The van der Waals surface area contributed by atoms with Crippen molar-refractivity contribution in [3.8, 4) is 5.75 Å². The molecule has 0 spiro atoms. The van der Waals surface area contributed by atoms with Gasteiger partial charge in [-0.25, -0.2) is 0 Å². The van der Waals surface area contributed by atoms with Crippen LogP contribution in [0.5, 0.6) is 5.75 Å². The van der Waals surface area contributed by atoms with Gasteiger partial charge in [0.2, 0.25) is 0 Å². The lowest BCUT2D eigenvalue weighted by molar-refractivity contribution is 0.0113. The lowest BCUT2D eigenvalue weighted by Gasteiger charge is -2.13. The van der Waals surface area contributed by atoms with Crippen LogP contribution >= 0.6 is 0 Å². The largest absolute Gasteiger partial charge is 0.491 e. The summed E-state index contributed by atoms with van der Waals surface area (Å²) in [5.41, 5.74) is 0.878. The van der Waals surface area contributed by atoms with Gasteiger partial charge in [0.05, 0.1) is 12.7 Å². The summed E-state index contributed by atoms with van der Waals surface area (Å²) in [6.45, 7) is 5.22. The van der Waals surface area contributed by atoms with E-state index in [9.17, 15) is 10.2 Å². The van der Waals surface area contributed by atoms with Crippen molar-refractivity contribution in [2.24, 2.45) is 0 Å². The van der Waals surface area contributed by atoms with Crippen molar-refractivity contribution in [3.05, 3.63) is 29.8 Å². The zero-order valence-electron chi connectivity index (χ0n) is 12.4. The highest BCUT2D eigenvalue weighted by Crippen LogP contribution is 2.19. The predicted molar refractivity (Wildman–Crippen MR) is 78.9 cm³/mol. The van der Waals surface area contributed by atoms with Crippen LogP contribution < -0.4 is 4.74 Å². The van der Waals surface area contributed by atoms with Gasteiger partial charge >= 0.3 is 0 Å². The van der Waals surface area contributed by atoms with Crippen molar-refractivity contribution in [3.63, 3.8) is 0 Å². The monoisotopic (exact) mass is 282 g/mol. The van der Waals surface area contributed by atoms with E-state index in [2.05, 4.69) is 6.92 Å². The number of unbranched alkanes of at least 4 members (excludes halogenated alkanes) is 1. The summed E-state index contributed by atoms with van der Waals surface area (Å²) >= 11 is 0. The van der Waals surface area contributed by atoms with E-state index in [4.69, 9.17) is 9.47 Å². The maximum absolute atomic E-state index is 9.70. The first kappa shape index (κ1) is 17.0. The molecule has 114 valence electrons. The van der Waals surface area contributed by atoms with Gasteiger partial charge < -0.3 is 19.7 Å². The molecular weight excluding hydrogens is 256 g/mol. The van der Waals surface area contributed by atoms with Crippen LogP contribution in [0.15, 0.2) is 24.3 Å². The van der Waals surface area contributed by atoms with E-state index < -0.39 is 12.2 Å². The molecule has 20 heavy (non-hydrogen) atoms. The Bertz CT molecular complexity index is 350. The van der Waals surface area contributed by atoms with E-state index in [1.807, 2.05) is 19.1 Å². The number of rotatable bonds is 10. The Hall–Kier alpha value is -1.10. The molecule has 0 heterocycles. The molecule has 0 saturated carbocycles. The lowest BCUT2D eigenvalue weighted by atomic mass is 10.1. The fourth-order valence-corrected chi connectivity index (χ4v) is 1.73. The van der Waals surface area contributed by atoms with Gasteiger partial charge in [-0.05, 0) is 30.5 Å². The standard InChI is InChI=1S/C16H26O4/c1-3-5-10-19-11-14(17)12-20-15-8-6-13(7-9-15)16(18)4-2/h6-9,14,16-18H,3-5,10-12H2,1-2H3/t14?,16-/m0/s1. The second-order valence-electron chi connectivity index (χ2n) is 4.89. The van der Waals surface area contributed by atoms with Gasteiger partial charge in [0.15, 0.2) is 0 Å². The topological polar surface area (TPSA) is 58.9 Å². The average molecular weight is 282 g/mol. The van der Waals surface area contributed by atoms with Crippen molar-refractivity contribution >= 4 is 0 Å². The van der Waals surface area contributed by atoms with E-state index in [1.54, 1.807) is 12.1 Å². The van der Waals surface area contributed by atoms with Gasteiger partial charge in [0.1, 0.15) is 18.5 Å². The molecule has 0 aliphatic rings. The number of hydrogen-bond acceptors (Lipinski definition) is 4. The second-order valence-corrected chi connectivity index (χ2v) is 4.89. The molecule has 1 rings (SSSR count). The minimum atomic E-state index is -0.618. The van der Waals surface area contributed by atoms with Gasteiger partial charge in [-0.1, -0.05) is 32.4 Å². The first-order chi connectivity index (χ1) is 9.67. The van der Waals surface area contributed by atoms with Crippen molar-refractivity contribution < 1.29 is 19.7 Å². The summed E-state index contributed by atoms with van der Waals surface area (Å²) in [6, 6.07) is 7.29. The van der Waals surface area contributed by atoms with E-state index >= 15 is 0 Å². The molecule has 0 radical (unpaired) electrons. The van der Waals surface area contributed by atoms with Gasteiger partial charge in [0.25, 0.3) is 0 Å². The first-order valence-corrected chi connectivity index (χ1v) is 7.34. The normalized spacial score (nSPS) is 14.0. The first-order valence-electron chi connectivity index (χ1n) is 7.34. The molecule has 0 aliphatic carbocycles. The number of aliphatic hydroxyl groups excluding tert-OH is 2. The molecule has 4 nitrogen and oxygen atoms in total. The Morgan fingerprint density at radius 3 is 2.35 bits per heavy atom. The third-order valence-corrected chi connectivity index (χ3v) is 3.05. The second kappa shape index (κ2) is 9.75. The molecule has 0 amide bonds. The lowest BCUT2D eigenvalue weighted by Crippen LogP contribution is -2.23. The van der Waals surface area contributed by atoms with Crippen LogP contribution in [0.3, 0.4) is 0 Å². The summed E-state index contributed by atoms with van der Waals surface area (Å²) in [4.78, 5) is 0. The van der Waals surface area contributed by atoms with E-state index in [0.717, 1.165) is 18.4 Å². The Morgan fingerprint density at radius 2 is 1.75 bits per heavy atom. The number of hydrogen-bond donors (Lipinski definition) is 2. The Morgan fingerprint density at radius 1 is 1.05 bits per heavy atom. The third-order valence-electron chi connectivity index (χ3n) is 3.05. The Labute approximate surface area is 121 Å². The summed E-state index contributed by atoms with van der Waals surface area (Å²) in [6.07, 6.45) is 1.74. The number of ether oxygens (including phenoxy) is 2. The van der Waals surface area contributed by atoms with Gasteiger partial charge in [-0.15, -0.1) is 0 Å². The summed E-state index contributed by atoms with van der Waals surface area (Å²) < 4.78 is 10.8. The van der Waals surface area contributed by atoms with Crippen LogP contribution in [-0.2, 0) is 4.74 Å². The summed E-state index contributed by atoms with van der Waals surface area (Å²) in [7, 11) is 0. The van der Waals surface area contributed by atoms with Crippen LogP contribution in [0.4, 0.5) is 0 Å². The molecule has 0 aliphatic heterocycles. The smallest absolute Gasteiger partial charge is 0.119 e. The molecule has 0 aromatic heterocycles. The molecule has 1 aromatic carbocycles. The molecule has 2 N–H and O–H groups in total. The molecular formula is C16H26O4. The summed E-state index contributed by atoms with van der Waals surface area (Å²) in [5.74, 6) is 0.685. The van der Waals surface area contributed by atoms with E-state index in [1.165, 1.54) is 0 Å². The zero-order valence-corrected chi connectivity index (χ0v) is 12.4. The van der Waals surface area contributed by atoms with Crippen molar-refractivity contribution in [1.29, 1.82) is 0 Å². The highest BCUT2D eigenvalue weighted by Gasteiger charge is 2.07. The molecule has 0 saturated heterocycles. The van der Waals surface area contributed by atoms with Gasteiger partial charge in [0, 0.05) is 6.61 Å². The van der Waals surface area contributed by atoms with Crippen LogP contribution in [0.2, 0.25) is 0 Å². The maximum atomic E-state index is 9.70. The SMILES string of the molecule is CCCCOCC(O)COc1ccc([C@@H](O)CC)cc1. The molecule has 1 aromatic rings. The van der Waals surface area contributed by atoms with Crippen LogP contribution in [0.1, 0.15) is 44.8 Å². The van der Waals surface area contributed by atoms with E-state index in [-0.39, 0.29) is 6.61 Å². The Balaban J connectivity index is 2.27. The summed E-state index contributed by atoms with van der Waals surface area (Å²) in [5, 5.41) is 19.4. The van der Waals surface area contributed by atoms with Gasteiger partial charge in [-0.3, -0.25) is 0 Å². The van der Waals surface area contributed by atoms with Crippen LogP contribution in [0, 0.1) is 0 Å². The highest BCUT2D eigenvalue weighted by molar-refractivity contribution is 5.28. The minimum Gasteiger partial charge on any atom is -0.491 e. The quantitative estimate of drug-likeness (QED) is 0.648. The van der Waals surface area contributed by atoms with E-state index in [0.29, 0.717) is 25.4 Å². The van der Waals surface area contributed by atoms with Crippen LogP contribution in [-0.4, -0.2) is 36.1 Å². The average Bonchev–Trinajstić information content (AvgIpc) is 2.49. The Kier molecular flexibility index (Phi) is 8.26. The molecule has 0 bridgehead atoms. The fraction of sp³-hybridized carbons (Fsp3) is 0.625. The number of aliphatic hydroxyl groups is 2. The maximum Gasteiger partial charge on any atom is 0.119 e. The minimum absolute atomic E-state index is 0.210. The van der Waals surface area contributed by atoms with Gasteiger partial charge in [-0.2, -0.15) is 0 Å². The molecule has 0 fully saturated rings. The number of benzene rings is 1. The fourth-order valence-electron chi connectivity index (χ4n) is 1.73. The highest BCUT2D eigenvalue weighted by atomic mass is 16.5. The van der Waals surface area contributed by atoms with Crippen molar-refractivity contribution in [1.82, 2.24) is 0 Å². The molecule has 2 atom stereocenters. The zero-order chi connectivity index (χ0) is 14.8. The van der Waals surface area contributed by atoms with Crippen molar-refractivity contribution in [2.75, 3.05) is 19.8 Å². The van der Waals surface area contributed by atoms with Crippen LogP contribution in [0.25, 0.3) is 0 Å². The third kappa shape index (κ3) is 6.37. The molecule has 4 heteroatoms. The van der Waals surface area contributed by atoms with Crippen molar-refractivity contribution in [2.45, 2.75) is 45.3 Å².